The van der Waals surface area contributed by atoms with Gasteiger partial charge in [-0.1, -0.05) is 30.3 Å². The predicted molar refractivity (Wildman–Crippen MR) is 80.7 cm³/mol. The molecule has 2 rings (SSSR count). The third-order valence-electron chi connectivity index (χ3n) is 2.83. The number of rotatable bonds is 5. The summed E-state index contributed by atoms with van der Waals surface area (Å²) in [4.78, 5) is 13.2. The van der Waals surface area contributed by atoms with Gasteiger partial charge in [-0.15, -0.1) is 11.3 Å². The predicted octanol–water partition coefficient (Wildman–Crippen LogP) is 2.65. The fraction of sp³-hybridized carbons (Fsp3) is 0.267. The first kappa shape index (κ1) is 14.6. The molecule has 2 aromatic rings. The Morgan fingerprint density at radius 3 is 2.65 bits per heavy atom. The summed E-state index contributed by atoms with van der Waals surface area (Å²) in [6, 6.07) is 13.2. The van der Waals surface area contributed by atoms with Crippen molar-refractivity contribution >= 4 is 17.4 Å². The highest BCUT2D eigenvalue weighted by Crippen LogP contribution is 2.28. The normalized spacial score (nSPS) is 11.9. The minimum atomic E-state index is -0.612. The van der Waals surface area contributed by atoms with Crippen LogP contribution in [0.1, 0.15) is 28.3 Å². The molecule has 0 unspecified atom stereocenters. The van der Waals surface area contributed by atoms with Gasteiger partial charge in [-0.25, -0.2) is 4.79 Å². The van der Waals surface area contributed by atoms with Crippen LogP contribution < -0.4 is 10.6 Å². The third-order valence-corrected chi connectivity index (χ3v) is 3.97. The van der Waals surface area contributed by atoms with Crippen LogP contribution in [0.5, 0.6) is 0 Å². The van der Waals surface area contributed by atoms with Crippen molar-refractivity contribution in [3.05, 3.63) is 57.8 Å². The Hall–Kier alpha value is -1.85. The Balaban J connectivity index is 1.97. The van der Waals surface area contributed by atoms with E-state index in [1.54, 1.807) is 0 Å². The van der Waals surface area contributed by atoms with E-state index in [4.69, 9.17) is 0 Å². The van der Waals surface area contributed by atoms with Gasteiger partial charge in [-0.3, -0.25) is 0 Å². The van der Waals surface area contributed by atoms with Crippen molar-refractivity contribution in [1.29, 1.82) is 0 Å². The van der Waals surface area contributed by atoms with E-state index in [2.05, 4.69) is 10.6 Å². The number of benzene rings is 1. The summed E-state index contributed by atoms with van der Waals surface area (Å²) >= 11 is 1.50. The van der Waals surface area contributed by atoms with Crippen molar-refractivity contribution in [2.75, 3.05) is 6.54 Å². The molecular weight excluding hydrogens is 272 g/mol. The first-order valence-corrected chi connectivity index (χ1v) is 7.35. The number of carbonyl (C=O) groups excluding carboxylic acids is 1. The van der Waals surface area contributed by atoms with Crippen LogP contribution in [0, 0.1) is 0 Å². The van der Waals surface area contributed by atoms with E-state index in [0.717, 1.165) is 15.3 Å². The summed E-state index contributed by atoms with van der Waals surface area (Å²) in [5.41, 5.74) is 0.873. The lowest BCUT2D eigenvalue weighted by atomic mass is 10.1. The van der Waals surface area contributed by atoms with Crippen molar-refractivity contribution in [1.82, 2.24) is 10.6 Å². The van der Waals surface area contributed by atoms with Gasteiger partial charge < -0.3 is 15.7 Å². The number of aliphatic hydroxyl groups is 1. The average molecular weight is 290 g/mol. The van der Waals surface area contributed by atoms with Crippen LogP contribution in [0.15, 0.2) is 42.5 Å². The Morgan fingerprint density at radius 2 is 1.95 bits per heavy atom. The Labute approximate surface area is 122 Å². The maximum Gasteiger partial charge on any atom is 0.315 e. The van der Waals surface area contributed by atoms with Gasteiger partial charge in [0.15, 0.2) is 0 Å². The zero-order valence-corrected chi connectivity index (χ0v) is 12.1. The second-order valence-corrected chi connectivity index (χ2v) is 5.53. The topological polar surface area (TPSA) is 61.4 Å². The molecule has 20 heavy (non-hydrogen) atoms. The van der Waals surface area contributed by atoms with Crippen molar-refractivity contribution < 1.29 is 9.90 Å². The molecule has 1 atom stereocenters. The zero-order valence-electron chi connectivity index (χ0n) is 11.3. The smallest absolute Gasteiger partial charge is 0.315 e. The van der Waals surface area contributed by atoms with Crippen molar-refractivity contribution in [3.8, 4) is 0 Å². The quantitative estimate of drug-likeness (QED) is 0.793. The Kier molecular flexibility index (Phi) is 5.15. The zero-order chi connectivity index (χ0) is 14.4. The van der Waals surface area contributed by atoms with E-state index in [9.17, 15) is 9.90 Å². The van der Waals surface area contributed by atoms with Gasteiger partial charge in [-0.2, -0.15) is 0 Å². The number of nitrogens with one attached hydrogen (secondary N) is 2. The number of hydrogen-bond acceptors (Lipinski definition) is 3. The largest absolute Gasteiger partial charge is 0.383 e. The highest BCUT2D eigenvalue weighted by molar-refractivity contribution is 7.12. The first-order valence-electron chi connectivity index (χ1n) is 6.54. The number of amides is 2. The van der Waals surface area contributed by atoms with E-state index < -0.39 is 6.10 Å². The molecule has 5 heteroatoms. The molecule has 1 heterocycles. The summed E-state index contributed by atoms with van der Waals surface area (Å²) in [5, 5.41) is 15.7. The highest BCUT2D eigenvalue weighted by Gasteiger charge is 2.12. The number of hydrogen-bond donors (Lipinski definition) is 3. The fourth-order valence-corrected chi connectivity index (χ4v) is 2.79. The summed E-state index contributed by atoms with van der Waals surface area (Å²) < 4.78 is 0. The van der Waals surface area contributed by atoms with Crippen LogP contribution >= 0.6 is 11.3 Å². The Bertz CT molecular complexity index is 554. The summed E-state index contributed by atoms with van der Waals surface area (Å²) in [6.07, 6.45) is -0.612. The number of carbonyl (C=O) groups is 1. The molecule has 2 amide bonds. The van der Waals surface area contributed by atoms with E-state index >= 15 is 0 Å². The molecule has 0 aliphatic rings. The van der Waals surface area contributed by atoms with Crippen LogP contribution in [0.2, 0.25) is 0 Å². The van der Waals surface area contributed by atoms with Crippen LogP contribution in [0.4, 0.5) is 4.79 Å². The molecule has 0 radical (unpaired) electrons. The van der Waals surface area contributed by atoms with Gasteiger partial charge in [0.05, 0.1) is 6.54 Å². The summed E-state index contributed by atoms with van der Waals surface area (Å²) in [5.74, 6) is 0. The van der Waals surface area contributed by atoms with Crippen molar-refractivity contribution in [2.24, 2.45) is 0 Å². The number of thiophene rings is 1. The van der Waals surface area contributed by atoms with Gasteiger partial charge in [0.2, 0.25) is 0 Å². The lowest BCUT2D eigenvalue weighted by Gasteiger charge is -2.08. The van der Waals surface area contributed by atoms with Gasteiger partial charge in [0.25, 0.3) is 0 Å². The van der Waals surface area contributed by atoms with Crippen LogP contribution in [-0.2, 0) is 6.54 Å². The van der Waals surface area contributed by atoms with Crippen LogP contribution in [-0.4, -0.2) is 17.7 Å². The molecular formula is C15H18N2O2S. The maximum atomic E-state index is 11.3. The van der Waals surface area contributed by atoms with E-state index in [1.807, 2.05) is 49.4 Å². The molecule has 0 aliphatic carbocycles. The molecule has 0 aliphatic heterocycles. The third kappa shape index (κ3) is 3.82. The van der Waals surface area contributed by atoms with E-state index in [1.165, 1.54) is 11.3 Å². The highest BCUT2D eigenvalue weighted by atomic mass is 32.1. The van der Waals surface area contributed by atoms with Gasteiger partial charge in [0.1, 0.15) is 6.10 Å². The maximum absolute atomic E-state index is 11.3. The van der Waals surface area contributed by atoms with Gasteiger partial charge >= 0.3 is 6.03 Å². The van der Waals surface area contributed by atoms with Crippen LogP contribution in [0.3, 0.4) is 0 Å². The lowest BCUT2D eigenvalue weighted by Crippen LogP contribution is -2.34. The molecule has 4 nitrogen and oxygen atoms in total. The number of urea groups is 1. The standard InChI is InChI=1S/C15H18N2O2S/c1-2-16-15(19)17-10-12-8-9-13(20-12)14(18)11-6-4-3-5-7-11/h3-9,14,18H,2,10H2,1H3,(H2,16,17,19)/t14-/m0/s1. The monoisotopic (exact) mass is 290 g/mol. The molecule has 1 aromatic carbocycles. The summed E-state index contributed by atoms with van der Waals surface area (Å²) in [6.45, 7) is 2.95. The first-order chi connectivity index (χ1) is 9.70. The molecule has 1 aromatic heterocycles. The lowest BCUT2D eigenvalue weighted by molar-refractivity contribution is 0.224. The SMILES string of the molecule is CCNC(=O)NCc1ccc([C@@H](O)c2ccccc2)s1. The van der Waals surface area contributed by atoms with Crippen molar-refractivity contribution in [3.63, 3.8) is 0 Å². The second kappa shape index (κ2) is 7.07. The molecule has 0 saturated carbocycles. The minimum absolute atomic E-state index is 0.175. The molecule has 3 N–H and O–H groups in total. The van der Waals surface area contributed by atoms with Gasteiger partial charge in [0, 0.05) is 16.3 Å². The summed E-state index contributed by atoms with van der Waals surface area (Å²) in [7, 11) is 0. The van der Waals surface area contributed by atoms with Crippen molar-refractivity contribution in [2.45, 2.75) is 19.6 Å². The molecule has 0 bridgehead atoms. The van der Waals surface area contributed by atoms with E-state index in [0.29, 0.717) is 13.1 Å². The van der Waals surface area contributed by atoms with E-state index in [-0.39, 0.29) is 6.03 Å². The van der Waals surface area contributed by atoms with Gasteiger partial charge in [-0.05, 0) is 24.6 Å². The molecule has 0 spiro atoms. The minimum Gasteiger partial charge on any atom is -0.383 e. The molecule has 0 saturated heterocycles. The van der Waals surface area contributed by atoms with Crippen LogP contribution in [0.25, 0.3) is 0 Å². The molecule has 106 valence electrons. The second-order valence-electron chi connectivity index (χ2n) is 4.33. The Morgan fingerprint density at radius 1 is 1.20 bits per heavy atom. The number of aliphatic hydroxyl groups excluding tert-OH is 1. The fourth-order valence-electron chi connectivity index (χ4n) is 1.83. The molecule has 0 fully saturated rings. The average Bonchev–Trinajstić information content (AvgIpc) is 2.94.